The minimum absolute atomic E-state index is 0.425. The van der Waals surface area contributed by atoms with Crippen LogP contribution >= 0.6 is 31.9 Å². The van der Waals surface area contributed by atoms with Gasteiger partial charge >= 0.3 is 0 Å². The van der Waals surface area contributed by atoms with Gasteiger partial charge in [-0.05, 0) is 41.1 Å². The average Bonchev–Trinajstić information content (AvgIpc) is 2.29. The molecule has 0 aliphatic carbocycles. The van der Waals surface area contributed by atoms with Crippen molar-refractivity contribution in [3.8, 4) is 11.8 Å². The van der Waals surface area contributed by atoms with E-state index in [4.69, 9.17) is 10.00 Å². The normalized spacial score (nSPS) is 10.9. The number of carboxylic acid groups (broad SMARTS) is 1. The van der Waals surface area contributed by atoms with Crippen LogP contribution in [0.15, 0.2) is 26.7 Å². The Bertz CT molecular complexity index is 547. The molecule has 0 amide bonds. The summed E-state index contributed by atoms with van der Waals surface area (Å²) in [4.78, 5) is 10.7. The first kappa shape index (κ1) is 14.7. The number of carboxylic acids is 1. The molecule has 0 atom stereocenters. The Morgan fingerprint density at radius 2 is 2.22 bits per heavy atom. The number of halogens is 2. The summed E-state index contributed by atoms with van der Waals surface area (Å²) >= 11 is 6.60. The molecule has 0 fully saturated rings. The number of aliphatic carboxylic acids is 1. The quantitative estimate of drug-likeness (QED) is 0.599. The zero-order valence-electron chi connectivity index (χ0n) is 9.37. The Morgan fingerprint density at radius 3 is 2.72 bits per heavy atom. The van der Waals surface area contributed by atoms with Crippen LogP contribution in [0.2, 0.25) is 0 Å². The van der Waals surface area contributed by atoms with Gasteiger partial charge in [0.05, 0.1) is 22.6 Å². The Hall–Kier alpha value is -1.32. The lowest BCUT2D eigenvalue weighted by Crippen LogP contribution is -2.23. The third-order valence-corrected chi connectivity index (χ3v) is 3.01. The summed E-state index contributed by atoms with van der Waals surface area (Å²) in [6.45, 7) is 2.24. The molecule has 0 radical (unpaired) electrons. The number of hydrogen-bond donors (Lipinski definition) is 0. The largest absolute Gasteiger partial charge is 0.544 e. The highest BCUT2D eigenvalue weighted by molar-refractivity contribution is 9.11. The van der Waals surface area contributed by atoms with Crippen molar-refractivity contribution in [3.63, 3.8) is 0 Å². The van der Waals surface area contributed by atoms with E-state index in [1.807, 2.05) is 6.92 Å². The van der Waals surface area contributed by atoms with Crippen molar-refractivity contribution in [2.45, 2.75) is 6.92 Å². The molecular formula is C12H8Br2NO3-. The van der Waals surface area contributed by atoms with E-state index in [2.05, 4.69) is 31.9 Å². The summed E-state index contributed by atoms with van der Waals surface area (Å²) in [6.07, 6.45) is 1.22. The molecule has 6 heteroatoms. The third-order valence-electron chi connectivity index (χ3n) is 1.97. The lowest BCUT2D eigenvalue weighted by Gasteiger charge is -2.11. The van der Waals surface area contributed by atoms with Crippen LogP contribution in [0, 0.1) is 11.3 Å². The van der Waals surface area contributed by atoms with E-state index in [1.54, 1.807) is 18.2 Å². The number of carbonyl (C=O) groups is 1. The van der Waals surface area contributed by atoms with E-state index in [1.165, 1.54) is 6.08 Å². The summed E-state index contributed by atoms with van der Waals surface area (Å²) in [5, 5.41) is 19.4. The molecule has 0 aromatic heterocycles. The number of carbonyl (C=O) groups excluding carboxylic acids is 1. The Morgan fingerprint density at radius 1 is 1.56 bits per heavy atom. The van der Waals surface area contributed by atoms with E-state index in [0.29, 0.717) is 22.4 Å². The van der Waals surface area contributed by atoms with Gasteiger partial charge in [-0.3, -0.25) is 0 Å². The first-order valence-electron chi connectivity index (χ1n) is 4.94. The monoisotopic (exact) mass is 372 g/mol. The van der Waals surface area contributed by atoms with Gasteiger partial charge in [0.1, 0.15) is 11.8 Å². The molecule has 0 aliphatic rings. The van der Waals surface area contributed by atoms with Crippen molar-refractivity contribution >= 4 is 43.9 Å². The molecular weight excluding hydrogens is 366 g/mol. The number of nitrogens with zero attached hydrogens (tertiary/aromatic N) is 1. The lowest BCUT2D eigenvalue weighted by molar-refractivity contribution is -0.298. The van der Waals surface area contributed by atoms with Crippen molar-refractivity contribution in [3.05, 3.63) is 32.2 Å². The number of ether oxygens (including phenoxy) is 1. The Kier molecular flexibility index (Phi) is 5.38. The fourth-order valence-electron chi connectivity index (χ4n) is 1.28. The Labute approximate surface area is 121 Å². The predicted octanol–water partition coefficient (Wildman–Crippen LogP) is 2.27. The van der Waals surface area contributed by atoms with E-state index in [0.717, 1.165) is 4.47 Å². The minimum Gasteiger partial charge on any atom is -0.544 e. The van der Waals surface area contributed by atoms with Gasteiger partial charge in [-0.25, -0.2) is 0 Å². The smallest absolute Gasteiger partial charge is 0.140 e. The molecule has 4 nitrogen and oxygen atoms in total. The number of hydrogen-bond acceptors (Lipinski definition) is 4. The van der Waals surface area contributed by atoms with Crippen molar-refractivity contribution in [2.75, 3.05) is 6.61 Å². The van der Waals surface area contributed by atoms with Crippen LogP contribution < -0.4 is 9.84 Å². The van der Waals surface area contributed by atoms with Crippen LogP contribution in [-0.2, 0) is 4.79 Å². The summed E-state index contributed by atoms with van der Waals surface area (Å²) in [7, 11) is 0. The van der Waals surface area contributed by atoms with Crippen LogP contribution in [0.4, 0.5) is 0 Å². The molecule has 0 spiro atoms. The standard InChI is InChI=1S/C12H9Br2NO3/c1-2-18-11-7(3-8(6-15)12(16)17)4-9(13)5-10(11)14/h3-5H,2H2,1H3,(H,16,17)/p-1/b8-3+. The molecule has 0 saturated carbocycles. The molecule has 1 aromatic rings. The van der Waals surface area contributed by atoms with E-state index in [-0.39, 0.29) is 0 Å². The van der Waals surface area contributed by atoms with Gasteiger partial charge in [0.2, 0.25) is 0 Å². The van der Waals surface area contributed by atoms with Crippen LogP contribution in [0.1, 0.15) is 12.5 Å². The van der Waals surface area contributed by atoms with Gasteiger partial charge in [0.25, 0.3) is 0 Å². The van der Waals surface area contributed by atoms with Gasteiger partial charge in [-0.15, -0.1) is 0 Å². The van der Waals surface area contributed by atoms with Crippen molar-refractivity contribution in [2.24, 2.45) is 0 Å². The second-order valence-corrected chi connectivity index (χ2v) is 4.97. The van der Waals surface area contributed by atoms with E-state index in [9.17, 15) is 9.90 Å². The highest BCUT2D eigenvalue weighted by atomic mass is 79.9. The predicted molar refractivity (Wildman–Crippen MR) is 71.6 cm³/mol. The van der Waals surface area contributed by atoms with Crippen LogP contribution in [0.5, 0.6) is 5.75 Å². The lowest BCUT2D eigenvalue weighted by atomic mass is 10.1. The highest BCUT2D eigenvalue weighted by Crippen LogP contribution is 2.34. The first-order chi connectivity index (χ1) is 8.49. The molecule has 0 saturated heterocycles. The SMILES string of the molecule is CCOc1c(Br)cc(Br)cc1/C=C(\C#N)C(=O)[O-]. The van der Waals surface area contributed by atoms with Gasteiger partial charge < -0.3 is 14.6 Å². The highest BCUT2D eigenvalue weighted by Gasteiger charge is 2.09. The zero-order valence-corrected chi connectivity index (χ0v) is 12.5. The van der Waals surface area contributed by atoms with Gasteiger partial charge in [0.15, 0.2) is 0 Å². The van der Waals surface area contributed by atoms with E-state index >= 15 is 0 Å². The number of nitriles is 1. The van der Waals surface area contributed by atoms with Crippen molar-refractivity contribution in [1.29, 1.82) is 5.26 Å². The number of benzene rings is 1. The summed E-state index contributed by atoms with van der Waals surface area (Å²) < 4.78 is 6.82. The maximum Gasteiger partial charge on any atom is 0.140 e. The second kappa shape index (κ2) is 6.57. The topological polar surface area (TPSA) is 73.1 Å². The fourth-order valence-corrected chi connectivity index (χ4v) is 2.65. The fraction of sp³-hybridized carbons (Fsp3) is 0.167. The number of rotatable bonds is 4. The molecule has 1 aromatic carbocycles. The van der Waals surface area contributed by atoms with Crippen molar-refractivity contribution in [1.82, 2.24) is 0 Å². The maximum atomic E-state index is 10.7. The zero-order chi connectivity index (χ0) is 13.7. The molecule has 0 bridgehead atoms. The maximum absolute atomic E-state index is 10.7. The van der Waals surface area contributed by atoms with Gasteiger partial charge in [0, 0.05) is 10.0 Å². The molecule has 0 unspecified atom stereocenters. The Balaban J connectivity index is 3.39. The summed E-state index contributed by atoms with van der Waals surface area (Å²) in [6, 6.07) is 5.01. The van der Waals surface area contributed by atoms with Crippen LogP contribution in [0.3, 0.4) is 0 Å². The minimum atomic E-state index is -1.52. The van der Waals surface area contributed by atoms with Gasteiger partial charge in [-0.2, -0.15) is 5.26 Å². The first-order valence-corrected chi connectivity index (χ1v) is 6.53. The average molecular weight is 374 g/mol. The molecule has 94 valence electrons. The van der Waals surface area contributed by atoms with Crippen LogP contribution in [-0.4, -0.2) is 12.6 Å². The molecule has 1 rings (SSSR count). The van der Waals surface area contributed by atoms with Crippen molar-refractivity contribution < 1.29 is 14.6 Å². The van der Waals surface area contributed by atoms with E-state index < -0.39 is 11.5 Å². The summed E-state index contributed by atoms with van der Waals surface area (Å²) in [5.41, 5.74) is 0.0276. The molecule has 0 heterocycles. The van der Waals surface area contributed by atoms with Gasteiger partial charge in [-0.1, -0.05) is 15.9 Å². The van der Waals surface area contributed by atoms with Crippen LogP contribution in [0.25, 0.3) is 6.08 Å². The molecule has 0 aliphatic heterocycles. The molecule has 18 heavy (non-hydrogen) atoms. The summed E-state index contributed by atoms with van der Waals surface area (Å²) in [5.74, 6) is -1.04. The second-order valence-electron chi connectivity index (χ2n) is 3.20. The molecule has 0 N–H and O–H groups in total. The third kappa shape index (κ3) is 3.59.